The van der Waals surface area contributed by atoms with Crippen LogP contribution >= 0.6 is 0 Å². The molecule has 0 radical (unpaired) electrons. The Kier molecular flexibility index (Phi) is 4.26. The van der Waals surface area contributed by atoms with E-state index in [2.05, 4.69) is 73.5 Å². The Balaban J connectivity index is 1.79. The van der Waals surface area contributed by atoms with Crippen LogP contribution in [0.5, 0.6) is 5.75 Å². The fourth-order valence-electron chi connectivity index (χ4n) is 3.05. The third-order valence-electron chi connectivity index (χ3n) is 4.29. The number of aryl methyl sites for hydroxylation is 1. The number of likely N-dealkylation sites (N-methyl/N-ethyl adjacent to an activating group) is 1. The van der Waals surface area contributed by atoms with Crippen molar-refractivity contribution in [2.75, 3.05) is 20.1 Å². The summed E-state index contributed by atoms with van der Waals surface area (Å²) in [4.78, 5) is 2.40. The van der Waals surface area contributed by atoms with Crippen molar-refractivity contribution in [3.8, 4) is 5.75 Å². The van der Waals surface area contributed by atoms with E-state index in [1.807, 2.05) is 0 Å². The molecule has 110 valence electrons. The van der Waals surface area contributed by atoms with Gasteiger partial charge in [0.25, 0.3) is 0 Å². The maximum Gasteiger partial charge on any atom is 0.119 e. The molecule has 0 bridgehead atoms. The summed E-state index contributed by atoms with van der Waals surface area (Å²) in [5.41, 5.74) is 2.64. The van der Waals surface area contributed by atoms with Gasteiger partial charge in [0.15, 0.2) is 0 Å². The zero-order valence-corrected chi connectivity index (χ0v) is 12.8. The molecule has 2 unspecified atom stereocenters. The number of ether oxygens (including phenoxy) is 1. The largest absolute Gasteiger partial charge is 0.490 e. The third-order valence-corrected chi connectivity index (χ3v) is 4.29. The first-order valence-corrected chi connectivity index (χ1v) is 7.69. The lowest BCUT2D eigenvalue weighted by molar-refractivity contribution is 0.0902. The van der Waals surface area contributed by atoms with Gasteiger partial charge < -0.3 is 9.64 Å². The molecule has 0 amide bonds. The number of piperidine rings is 1. The highest BCUT2D eigenvalue weighted by molar-refractivity contribution is 5.28. The Morgan fingerprint density at radius 3 is 2.43 bits per heavy atom. The van der Waals surface area contributed by atoms with Gasteiger partial charge in [-0.1, -0.05) is 48.0 Å². The minimum Gasteiger partial charge on any atom is -0.490 e. The average molecular weight is 281 g/mol. The SMILES string of the molecule is Cc1ccc(OC2CCN(C)CC2c2ccccc2)cc1. The van der Waals surface area contributed by atoms with E-state index < -0.39 is 0 Å². The minimum absolute atomic E-state index is 0.256. The highest BCUT2D eigenvalue weighted by Crippen LogP contribution is 2.30. The predicted octanol–water partition coefficient (Wildman–Crippen LogP) is 3.86. The topological polar surface area (TPSA) is 12.5 Å². The summed E-state index contributed by atoms with van der Waals surface area (Å²) >= 11 is 0. The molecule has 2 aromatic carbocycles. The van der Waals surface area contributed by atoms with E-state index in [0.29, 0.717) is 5.92 Å². The first kappa shape index (κ1) is 14.2. The second-order valence-electron chi connectivity index (χ2n) is 6.04. The Morgan fingerprint density at radius 1 is 1.00 bits per heavy atom. The van der Waals surface area contributed by atoms with Gasteiger partial charge in [0.1, 0.15) is 11.9 Å². The zero-order chi connectivity index (χ0) is 14.7. The summed E-state index contributed by atoms with van der Waals surface area (Å²) in [6, 6.07) is 19.1. The van der Waals surface area contributed by atoms with Crippen LogP contribution in [0.2, 0.25) is 0 Å². The highest BCUT2D eigenvalue weighted by atomic mass is 16.5. The van der Waals surface area contributed by atoms with Gasteiger partial charge in [0.05, 0.1) is 0 Å². The average Bonchev–Trinajstić information content (AvgIpc) is 2.52. The molecule has 1 fully saturated rings. The van der Waals surface area contributed by atoms with Gasteiger partial charge in [-0.3, -0.25) is 0 Å². The molecular weight excluding hydrogens is 258 g/mol. The molecule has 0 aromatic heterocycles. The molecule has 1 aliphatic rings. The van der Waals surface area contributed by atoms with Crippen molar-refractivity contribution in [2.45, 2.75) is 25.4 Å². The molecule has 0 N–H and O–H groups in total. The maximum absolute atomic E-state index is 6.30. The highest BCUT2D eigenvalue weighted by Gasteiger charge is 2.30. The maximum atomic E-state index is 6.30. The fraction of sp³-hybridized carbons (Fsp3) is 0.368. The van der Waals surface area contributed by atoms with Crippen molar-refractivity contribution in [1.29, 1.82) is 0 Å². The molecule has 0 saturated carbocycles. The van der Waals surface area contributed by atoms with Gasteiger partial charge in [-0.25, -0.2) is 0 Å². The Hall–Kier alpha value is -1.80. The molecule has 21 heavy (non-hydrogen) atoms. The van der Waals surface area contributed by atoms with E-state index >= 15 is 0 Å². The molecule has 0 spiro atoms. The first-order valence-electron chi connectivity index (χ1n) is 7.69. The van der Waals surface area contributed by atoms with Gasteiger partial charge in [-0.05, 0) is 38.1 Å². The number of likely N-dealkylation sites (tertiary alicyclic amines) is 1. The van der Waals surface area contributed by atoms with Gasteiger partial charge >= 0.3 is 0 Å². The van der Waals surface area contributed by atoms with Crippen LogP contribution in [-0.4, -0.2) is 31.1 Å². The Labute approximate surface area is 127 Å². The smallest absolute Gasteiger partial charge is 0.119 e. The molecule has 1 saturated heterocycles. The van der Waals surface area contributed by atoms with Crippen molar-refractivity contribution in [2.24, 2.45) is 0 Å². The molecule has 0 aliphatic carbocycles. The van der Waals surface area contributed by atoms with Crippen molar-refractivity contribution in [1.82, 2.24) is 4.90 Å². The number of rotatable bonds is 3. The normalized spacial score (nSPS) is 23.0. The van der Waals surface area contributed by atoms with Crippen LogP contribution in [0.1, 0.15) is 23.5 Å². The summed E-state index contributed by atoms with van der Waals surface area (Å²) in [6.45, 7) is 4.26. The second-order valence-corrected chi connectivity index (χ2v) is 6.04. The van der Waals surface area contributed by atoms with Gasteiger partial charge in [-0.15, -0.1) is 0 Å². The first-order chi connectivity index (χ1) is 10.2. The Morgan fingerprint density at radius 2 is 1.71 bits per heavy atom. The van der Waals surface area contributed by atoms with Crippen LogP contribution < -0.4 is 4.74 Å². The summed E-state index contributed by atoms with van der Waals surface area (Å²) < 4.78 is 6.30. The molecule has 2 nitrogen and oxygen atoms in total. The minimum atomic E-state index is 0.256. The summed E-state index contributed by atoms with van der Waals surface area (Å²) in [5.74, 6) is 1.42. The summed E-state index contributed by atoms with van der Waals surface area (Å²) in [7, 11) is 2.19. The fourth-order valence-corrected chi connectivity index (χ4v) is 3.05. The molecule has 2 atom stereocenters. The molecule has 1 heterocycles. The van der Waals surface area contributed by atoms with Crippen LogP contribution in [0.3, 0.4) is 0 Å². The monoisotopic (exact) mass is 281 g/mol. The van der Waals surface area contributed by atoms with Crippen molar-refractivity contribution >= 4 is 0 Å². The lowest BCUT2D eigenvalue weighted by Gasteiger charge is -2.37. The molecule has 3 rings (SSSR count). The predicted molar refractivity (Wildman–Crippen MR) is 86.9 cm³/mol. The zero-order valence-electron chi connectivity index (χ0n) is 12.8. The van der Waals surface area contributed by atoms with E-state index in [-0.39, 0.29) is 6.10 Å². The van der Waals surface area contributed by atoms with Crippen LogP contribution in [0.4, 0.5) is 0 Å². The van der Waals surface area contributed by atoms with E-state index in [9.17, 15) is 0 Å². The number of hydrogen-bond donors (Lipinski definition) is 0. The number of benzene rings is 2. The van der Waals surface area contributed by atoms with Crippen LogP contribution in [0.25, 0.3) is 0 Å². The Bertz CT molecular complexity index is 564. The van der Waals surface area contributed by atoms with Crippen molar-refractivity contribution in [3.63, 3.8) is 0 Å². The van der Waals surface area contributed by atoms with Gasteiger partial charge in [-0.2, -0.15) is 0 Å². The van der Waals surface area contributed by atoms with Crippen LogP contribution in [0, 0.1) is 6.92 Å². The van der Waals surface area contributed by atoms with Crippen LogP contribution in [0.15, 0.2) is 54.6 Å². The number of nitrogens with zero attached hydrogens (tertiary/aromatic N) is 1. The van der Waals surface area contributed by atoms with Gasteiger partial charge in [0, 0.05) is 19.0 Å². The quantitative estimate of drug-likeness (QED) is 0.847. The van der Waals surface area contributed by atoms with Gasteiger partial charge in [0.2, 0.25) is 0 Å². The number of hydrogen-bond acceptors (Lipinski definition) is 2. The molecular formula is C19H23NO. The van der Waals surface area contributed by atoms with Crippen molar-refractivity contribution < 1.29 is 4.74 Å². The van der Waals surface area contributed by atoms with Crippen molar-refractivity contribution in [3.05, 3.63) is 65.7 Å². The lowest BCUT2D eigenvalue weighted by atomic mass is 9.88. The van der Waals surface area contributed by atoms with Crippen LogP contribution in [-0.2, 0) is 0 Å². The summed E-state index contributed by atoms with van der Waals surface area (Å²) in [5, 5.41) is 0. The van der Waals surface area contributed by atoms with E-state index in [0.717, 1.165) is 25.3 Å². The van der Waals surface area contributed by atoms with E-state index in [1.54, 1.807) is 0 Å². The van der Waals surface area contributed by atoms with E-state index in [1.165, 1.54) is 11.1 Å². The third kappa shape index (κ3) is 3.45. The lowest BCUT2D eigenvalue weighted by Crippen LogP contribution is -2.42. The molecule has 2 aromatic rings. The second kappa shape index (κ2) is 6.31. The summed E-state index contributed by atoms with van der Waals surface area (Å²) in [6.07, 6.45) is 1.33. The molecule has 2 heteroatoms. The molecule has 1 aliphatic heterocycles. The standard InChI is InChI=1S/C19H23NO/c1-15-8-10-17(11-9-15)21-19-12-13-20(2)14-18(19)16-6-4-3-5-7-16/h3-11,18-19H,12-14H2,1-2H3. The van der Waals surface area contributed by atoms with E-state index in [4.69, 9.17) is 4.74 Å².